The third-order valence-electron chi connectivity index (χ3n) is 4.31. The molecule has 0 fully saturated rings. The number of benzene rings is 2. The molecule has 1 heterocycles. The topological polar surface area (TPSA) is 43.7 Å². The summed E-state index contributed by atoms with van der Waals surface area (Å²) in [4.78, 5) is 10.5. The Balaban J connectivity index is 1.63. The number of aryl methyl sites for hydroxylation is 2. The van der Waals surface area contributed by atoms with Crippen molar-refractivity contribution in [1.29, 1.82) is 0 Å². The highest BCUT2D eigenvalue weighted by atomic mass is 32.1. The molecule has 126 valence electrons. The number of methoxy groups -OCH3 is 2. The summed E-state index contributed by atoms with van der Waals surface area (Å²) in [5.41, 5.74) is 4.80. The molecule has 0 saturated carbocycles. The van der Waals surface area contributed by atoms with E-state index in [1.165, 1.54) is 16.0 Å². The lowest BCUT2D eigenvalue weighted by Gasteiger charge is -2.13. The van der Waals surface area contributed by atoms with Crippen LogP contribution >= 0.6 is 11.3 Å². The van der Waals surface area contributed by atoms with Crippen molar-refractivity contribution in [1.82, 2.24) is 4.98 Å². The molecule has 1 aromatic heterocycles. The zero-order valence-electron chi connectivity index (χ0n) is 14.2. The number of fused-ring (bicyclic) bond motifs is 3. The average Bonchev–Trinajstić information content (AvgIpc) is 3.09. The number of rotatable bonds is 4. The molecule has 25 heavy (non-hydrogen) atoms. The van der Waals surface area contributed by atoms with Crippen molar-refractivity contribution in [2.75, 3.05) is 14.2 Å². The second-order valence-electron chi connectivity index (χ2n) is 5.80. The number of aliphatic imine (C=N–C) groups is 1. The summed E-state index contributed by atoms with van der Waals surface area (Å²) in [6.07, 6.45) is 3.85. The lowest BCUT2D eigenvalue weighted by Crippen LogP contribution is -2.01. The summed E-state index contributed by atoms with van der Waals surface area (Å²) in [5, 5.41) is 0.788. The van der Waals surface area contributed by atoms with Crippen LogP contribution in [0.5, 0.6) is 11.5 Å². The molecule has 0 radical (unpaired) electrons. The number of thiazole rings is 1. The molecule has 4 rings (SSSR count). The van der Waals surface area contributed by atoms with E-state index in [-0.39, 0.29) is 0 Å². The third kappa shape index (κ3) is 3.03. The van der Waals surface area contributed by atoms with Gasteiger partial charge in [0.15, 0.2) is 11.5 Å². The smallest absolute Gasteiger partial charge is 0.209 e. The monoisotopic (exact) mass is 350 g/mol. The van der Waals surface area contributed by atoms with Gasteiger partial charge in [0.25, 0.3) is 0 Å². The van der Waals surface area contributed by atoms with E-state index in [1.807, 2.05) is 24.4 Å². The normalized spacial score (nSPS) is 12.7. The van der Waals surface area contributed by atoms with Gasteiger partial charge in [0.1, 0.15) is 0 Å². The van der Waals surface area contributed by atoms with E-state index in [2.05, 4.69) is 29.3 Å². The first kappa shape index (κ1) is 15.8. The van der Waals surface area contributed by atoms with Crippen LogP contribution in [0.3, 0.4) is 0 Å². The maximum absolute atomic E-state index is 5.33. The van der Waals surface area contributed by atoms with Crippen LogP contribution in [-0.2, 0) is 12.8 Å². The number of hydrogen-bond acceptors (Lipinski definition) is 5. The van der Waals surface area contributed by atoms with Gasteiger partial charge in [-0.25, -0.2) is 9.98 Å². The minimum Gasteiger partial charge on any atom is -0.493 e. The molecular weight excluding hydrogens is 332 g/mol. The lowest BCUT2D eigenvalue weighted by atomic mass is 9.94. The van der Waals surface area contributed by atoms with Gasteiger partial charge < -0.3 is 9.47 Å². The van der Waals surface area contributed by atoms with E-state index in [0.29, 0.717) is 11.5 Å². The summed E-state index contributed by atoms with van der Waals surface area (Å²) in [7, 11) is 3.26. The van der Waals surface area contributed by atoms with Crippen molar-refractivity contribution < 1.29 is 9.47 Å². The fourth-order valence-corrected chi connectivity index (χ4v) is 4.07. The predicted octanol–water partition coefficient (Wildman–Crippen LogP) is 4.68. The zero-order valence-corrected chi connectivity index (χ0v) is 15.0. The lowest BCUT2D eigenvalue weighted by molar-refractivity contribution is 0.355. The molecule has 0 unspecified atom stereocenters. The van der Waals surface area contributed by atoms with Crippen molar-refractivity contribution in [2.45, 2.75) is 12.8 Å². The highest BCUT2D eigenvalue weighted by molar-refractivity contribution is 7.18. The Bertz CT molecular complexity index is 947. The number of ether oxygens (including phenoxy) is 2. The first-order valence-electron chi connectivity index (χ1n) is 8.12. The third-order valence-corrected chi connectivity index (χ3v) is 5.35. The van der Waals surface area contributed by atoms with E-state index in [0.717, 1.165) is 29.2 Å². The second-order valence-corrected chi connectivity index (χ2v) is 6.78. The SMILES string of the molecule is COc1ccc(/C=N\c2nc3c(s2)-c2ccccc2CC3)cc1OC. The fourth-order valence-electron chi connectivity index (χ4n) is 3.05. The van der Waals surface area contributed by atoms with E-state index in [1.54, 1.807) is 25.6 Å². The van der Waals surface area contributed by atoms with Crippen LogP contribution in [0.15, 0.2) is 47.5 Å². The molecule has 4 nitrogen and oxygen atoms in total. The fraction of sp³-hybridized carbons (Fsp3) is 0.200. The minimum absolute atomic E-state index is 0.693. The van der Waals surface area contributed by atoms with Gasteiger partial charge in [-0.15, -0.1) is 0 Å². The molecule has 1 aliphatic carbocycles. The van der Waals surface area contributed by atoms with Crippen molar-refractivity contribution >= 4 is 22.7 Å². The Labute approximate surface area is 150 Å². The van der Waals surface area contributed by atoms with Crippen molar-refractivity contribution in [3.8, 4) is 21.9 Å². The van der Waals surface area contributed by atoms with E-state index < -0.39 is 0 Å². The zero-order chi connectivity index (χ0) is 17.2. The van der Waals surface area contributed by atoms with E-state index in [9.17, 15) is 0 Å². The highest BCUT2D eigenvalue weighted by Crippen LogP contribution is 2.40. The minimum atomic E-state index is 0.693. The van der Waals surface area contributed by atoms with Crippen LogP contribution in [0, 0.1) is 0 Å². The van der Waals surface area contributed by atoms with Crippen molar-refractivity contribution in [3.05, 3.63) is 59.3 Å². The molecule has 5 heteroatoms. The van der Waals surface area contributed by atoms with Crippen LogP contribution in [0.2, 0.25) is 0 Å². The van der Waals surface area contributed by atoms with Gasteiger partial charge in [0.05, 0.1) is 24.8 Å². The molecule has 1 aliphatic rings. The quantitative estimate of drug-likeness (QED) is 0.642. The van der Waals surface area contributed by atoms with Crippen LogP contribution in [0.25, 0.3) is 10.4 Å². The standard InChI is InChI=1S/C20H18N2O2S/c1-23-17-10-7-13(11-18(17)24-2)12-21-20-22-16-9-8-14-5-3-4-6-15(14)19(16)25-20/h3-7,10-12H,8-9H2,1-2H3/b21-12-. The summed E-state index contributed by atoms with van der Waals surface area (Å²) in [6.45, 7) is 0. The van der Waals surface area contributed by atoms with Crippen molar-refractivity contribution in [2.24, 2.45) is 4.99 Å². The molecule has 0 atom stereocenters. The van der Waals surface area contributed by atoms with Crippen LogP contribution in [0.1, 0.15) is 16.8 Å². The molecule has 0 amide bonds. The van der Waals surface area contributed by atoms with E-state index >= 15 is 0 Å². The van der Waals surface area contributed by atoms with Gasteiger partial charge in [0, 0.05) is 6.21 Å². The molecule has 2 aromatic carbocycles. The average molecular weight is 350 g/mol. The van der Waals surface area contributed by atoms with Gasteiger partial charge in [-0.1, -0.05) is 35.6 Å². The molecule has 0 N–H and O–H groups in total. The van der Waals surface area contributed by atoms with Gasteiger partial charge in [-0.2, -0.15) is 0 Å². The van der Waals surface area contributed by atoms with Crippen LogP contribution in [0.4, 0.5) is 5.13 Å². The van der Waals surface area contributed by atoms with Crippen LogP contribution in [-0.4, -0.2) is 25.4 Å². The molecule has 0 spiro atoms. The first-order chi connectivity index (χ1) is 12.3. The Morgan fingerprint density at radius 1 is 1.04 bits per heavy atom. The summed E-state index contributed by atoms with van der Waals surface area (Å²) >= 11 is 1.65. The predicted molar refractivity (Wildman–Crippen MR) is 102 cm³/mol. The highest BCUT2D eigenvalue weighted by Gasteiger charge is 2.20. The van der Waals surface area contributed by atoms with E-state index in [4.69, 9.17) is 14.5 Å². The second kappa shape index (κ2) is 6.69. The maximum Gasteiger partial charge on any atom is 0.209 e. The Kier molecular flexibility index (Phi) is 4.24. The number of aromatic nitrogens is 1. The summed E-state index contributed by atoms with van der Waals surface area (Å²) < 4.78 is 10.6. The Hall–Kier alpha value is -2.66. The summed E-state index contributed by atoms with van der Waals surface area (Å²) in [5.74, 6) is 1.40. The van der Waals surface area contributed by atoms with Crippen LogP contribution < -0.4 is 9.47 Å². The van der Waals surface area contributed by atoms with Gasteiger partial charge in [0.2, 0.25) is 5.13 Å². The Morgan fingerprint density at radius 2 is 1.88 bits per heavy atom. The molecule has 0 bridgehead atoms. The molecule has 0 aliphatic heterocycles. The van der Waals surface area contributed by atoms with Gasteiger partial charge >= 0.3 is 0 Å². The van der Waals surface area contributed by atoms with Crippen molar-refractivity contribution in [3.63, 3.8) is 0 Å². The molecule has 3 aromatic rings. The molecular formula is C20H18N2O2S. The number of hydrogen-bond donors (Lipinski definition) is 0. The largest absolute Gasteiger partial charge is 0.493 e. The van der Waals surface area contributed by atoms with Gasteiger partial charge in [-0.05, 0) is 47.7 Å². The first-order valence-corrected chi connectivity index (χ1v) is 8.94. The molecule has 0 saturated heterocycles. The van der Waals surface area contributed by atoms with Gasteiger partial charge in [-0.3, -0.25) is 0 Å². The summed E-state index contributed by atoms with van der Waals surface area (Å²) in [6, 6.07) is 14.3. The maximum atomic E-state index is 5.33. The number of nitrogens with zero attached hydrogens (tertiary/aromatic N) is 2. The Morgan fingerprint density at radius 3 is 2.72 bits per heavy atom.